The zero-order valence-corrected chi connectivity index (χ0v) is 12.0. The summed E-state index contributed by atoms with van der Waals surface area (Å²) in [6.45, 7) is 3.69. The van der Waals surface area contributed by atoms with Crippen LogP contribution in [0.1, 0.15) is 24.2 Å². The van der Waals surface area contributed by atoms with E-state index >= 15 is 0 Å². The van der Waals surface area contributed by atoms with Crippen LogP contribution < -0.4 is 11.1 Å². The normalized spacial score (nSPS) is 10.2. The van der Waals surface area contributed by atoms with Gasteiger partial charge in [0.1, 0.15) is 6.54 Å². The second kappa shape index (κ2) is 7.28. The first kappa shape index (κ1) is 16.5. The molecule has 7 nitrogen and oxygen atoms in total. The number of rotatable bonds is 6. The van der Waals surface area contributed by atoms with Crippen molar-refractivity contribution in [3.05, 3.63) is 29.8 Å². The minimum absolute atomic E-state index is 0.132. The first-order chi connectivity index (χ1) is 9.79. The van der Waals surface area contributed by atoms with Crippen molar-refractivity contribution in [2.24, 2.45) is 11.7 Å². The van der Waals surface area contributed by atoms with Crippen LogP contribution in [0.4, 0.5) is 10.5 Å². The molecule has 0 atom stereocenters. The molecule has 0 aliphatic carbocycles. The number of benzene rings is 1. The number of nitrogens with zero attached hydrogens (tertiary/aromatic N) is 1. The number of aliphatic carboxylic acids is 1. The van der Waals surface area contributed by atoms with Gasteiger partial charge in [-0.05, 0) is 24.1 Å². The summed E-state index contributed by atoms with van der Waals surface area (Å²) < 4.78 is 0. The van der Waals surface area contributed by atoms with E-state index in [-0.39, 0.29) is 18.0 Å². The minimum atomic E-state index is -1.09. The van der Waals surface area contributed by atoms with E-state index in [1.165, 1.54) is 17.0 Å². The first-order valence-electron chi connectivity index (χ1n) is 6.47. The molecular weight excluding hydrogens is 274 g/mol. The maximum absolute atomic E-state index is 12.1. The number of nitrogens with two attached hydrogens (primary N) is 1. The van der Waals surface area contributed by atoms with Gasteiger partial charge in [0.15, 0.2) is 0 Å². The predicted molar refractivity (Wildman–Crippen MR) is 78.0 cm³/mol. The zero-order valence-electron chi connectivity index (χ0n) is 12.0. The summed E-state index contributed by atoms with van der Waals surface area (Å²) in [6, 6.07) is 5.61. The summed E-state index contributed by atoms with van der Waals surface area (Å²) in [4.78, 5) is 35.2. The van der Waals surface area contributed by atoms with Gasteiger partial charge in [-0.25, -0.2) is 4.79 Å². The largest absolute Gasteiger partial charge is 0.480 e. The van der Waals surface area contributed by atoms with Crippen molar-refractivity contribution in [2.45, 2.75) is 13.8 Å². The summed E-state index contributed by atoms with van der Waals surface area (Å²) in [7, 11) is 0. The highest BCUT2D eigenvalue weighted by molar-refractivity contribution is 5.96. The lowest BCUT2D eigenvalue weighted by Gasteiger charge is -2.23. The number of carboxylic acids is 1. The Balaban J connectivity index is 2.82. The summed E-state index contributed by atoms with van der Waals surface area (Å²) in [5.74, 6) is -1.56. The van der Waals surface area contributed by atoms with Crippen LogP contribution in [0.5, 0.6) is 0 Å². The lowest BCUT2D eigenvalue weighted by molar-refractivity contribution is -0.137. The summed E-state index contributed by atoms with van der Waals surface area (Å²) >= 11 is 0. The number of nitrogens with one attached hydrogen (secondary N) is 1. The third-order valence-corrected chi connectivity index (χ3v) is 2.60. The van der Waals surface area contributed by atoms with Crippen molar-refractivity contribution >= 4 is 23.6 Å². The maximum atomic E-state index is 12.1. The van der Waals surface area contributed by atoms with Crippen molar-refractivity contribution in [1.29, 1.82) is 0 Å². The molecule has 0 aliphatic rings. The van der Waals surface area contributed by atoms with Crippen LogP contribution in [-0.2, 0) is 4.79 Å². The van der Waals surface area contributed by atoms with Crippen LogP contribution in [-0.4, -0.2) is 41.0 Å². The van der Waals surface area contributed by atoms with Crippen LogP contribution in [0.25, 0.3) is 0 Å². The van der Waals surface area contributed by atoms with Gasteiger partial charge in [-0.3, -0.25) is 9.59 Å². The second-order valence-electron chi connectivity index (χ2n) is 5.04. The van der Waals surface area contributed by atoms with E-state index in [2.05, 4.69) is 5.32 Å². The van der Waals surface area contributed by atoms with Crippen LogP contribution in [0.3, 0.4) is 0 Å². The van der Waals surface area contributed by atoms with Gasteiger partial charge in [0.2, 0.25) is 5.91 Å². The number of amides is 3. The number of primary amides is 1. The highest BCUT2D eigenvalue weighted by atomic mass is 16.4. The van der Waals surface area contributed by atoms with Gasteiger partial charge in [0.05, 0.1) is 0 Å². The molecule has 114 valence electrons. The fraction of sp³-hybridized carbons (Fsp3) is 0.357. The van der Waals surface area contributed by atoms with Crippen LogP contribution >= 0.6 is 0 Å². The molecule has 0 bridgehead atoms. The molecule has 1 rings (SSSR count). The monoisotopic (exact) mass is 293 g/mol. The maximum Gasteiger partial charge on any atom is 0.323 e. The van der Waals surface area contributed by atoms with E-state index < -0.39 is 17.9 Å². The molecule has 0 saturated heterocycles. The molecular formula is C14H19N3O4. The third-order valence-electron chi connectivity index (χ3n) is 2.60. The average Bonchev–Trinajstić information content (AvgIpc) is 2.37. The Kier molecular flexibility index (Phi) is 5.71. The zero-order chi connectivity index (χ0) is 16.0. The Labute approximate surface area is 122 Å². The smallest absolute Gasteiger partial charge is 0.323 e. The van der Waals surface area contributed by atoms with Gasteiger partial charge in [-0.15, -0.1) is 0 Å². The summed E-state index contributed by atoms with van der Waals surface area (Å²) in [6.07, 6.45) is 0. The molecule has 4 N–H and O–H groups in total. The number of anilines is 1. The van der Waals surface area contributed by atoms with Gasteiger partial charge in [-0.2, -0.15) is 0 Å². The quantitative estimate of drug-likeness (QED) is 0.735. The molecule has 0 heterocycles. The van der Waals surface area contributed by atoms with E-state index in [0.717, 1.165) is 0 Å². The molecule has 7 heteroatoms. The van der Waals surface area contributed by atoms with E-state index in [9.17, 15) is 14.4 Å². The number of hydrogen-bond donors (Lipinski definition) is 3. The van der Waals surface area contributed by atoms with Crippen molar-refractivity contribution in [3.63, 3.8) is 0 Å². The molecule has 0 aromatic heterocycles. The molecule has 0 saturated carbocycles. The molecule has 0 fully saturated rings. The Bertz CT molecular complexity index is 543. The molecule has 21 heavy (non-hydrogen) atoms. The van der Waals surface area contributed by atoms with Crippen LogP contribution in [0.2, 0.25) is 0 Å². The van der Waals surface area contributed by atoms with Crippen molar-refractivity contribution < 1.29 is 19.5 Å². The van der Waals surface area contributed by atoms with Crippen molar-refractivity contribution in [2.75, 3.05) is 18.4 Å². The molecule has 3 amide bonds. The highest BCUT2D eigenvalue weighted by Crippen LogP contribution is 2.11. The minimum Gasteiger partial charge on any atom is -0.480 e. The van der Waals surface area contributed by atoms with E-state index in [1.807, 2.05) is 13.8 Å². The Morgan fingerprint density at radius 1 is 1.33 bits per heavy atom. The third kappa shape index (κ3) is 5.52. The molecule has 0 unspecified atom stereocenters. The van der Waals surface area contributed by atoms with E-state index in [1.54, 1.807) is 12.1 Å². The molecule has 1 aromatic carbocycles. The molecule has 1 aromatic rings. The van der Waals surface area contributed by atoms with Crippen LogP contribution in [0, 0.1) is 5.92 Å². The van der Waals surface area contributed by atoms with Gasteiger partial charge in [-0.1, -0.05) is 19.9 Å². The number of urea groups is 1. The Hall–Kier alpha value is -2.57. The number of carboxylic acid groups (broad SMARTS) is 1. The van der Waals surface area contributed by atoms with E-state index in [0.29, 0.717) is 12.2 Å². The molecule has 0 radical (unpaired) electrons. The van der Waals surface area contributed by atoms with Crippen LogP contribution in [0.15, 0.2) is 24.3 Å². The number of carbonyl (C=O) groups excluding carboxylic acids is 2. The average molecular weight is 293 g/mol. The summed E-state index contributed by atoms with van der Waals surface area (Å²) in [5, 5.41) is 11.4. The number of carbonyl (C=O) groups is 3. The Morgan fingerprint density at radius 2 is 2.00 bits per heavy atom. The Morgan fingerprint density at radius 3 is 2.52 bits per heavy atom. The topological polar surface area (TPSA) is 113 Å². The SMILES string of the molecule is CC(C)CN(CC(=O)O)C(=O)Nc1cccc(C(N)=O)c1. The fourth-order valence-corrected chi connectivity index (χ4v) is 1.78. The second-order valence-corrected chi connectivity index (χ2v) is 5.04. The van der Waals surface area contributed by atoms with Gasteiger partial charge in [0, 0.05) is 17.8 Å². The standard InChI is InChI=1S/C14H19N3O4/c1-9(2)7-17(8-12(18)19)14(21)16-11-5-3-4-10(6-11)13(15)20/h3-6,9H,7-8H2,1-2H3,(H2,15,20)(H,16,21)(H,18,19). The summed E-state index contributed by atoms with van der Waals surface area (Å²) in [5.41, 5.74) is 5.82. The van der Waals surface area contributed by atoms with Crippen molar-refractivity contribution in [1.82, 2.24) is 4.90 Å². The lowest BCUT2D eigenvalue weighted by atomic mass is 10.2. The molecule has 0 aliphatic heterocycles. The van der Waals surface area contributed by atoms with Gasteiger partial charge < -0.3 is 21.1 Å². The highest BCUT2D eigenvalue weighted by Gasteiger charge is 2.18. The molecule has 0 spiro atoms. The van der Waals surface area contributed by atoms with E-state index in [4.69, 9.17) is 10.8 Å². The van der Waals surface area contributed by atoms with Gasteiger partial charge >= 0.3 is 12.0 Å². The number of hydrogen-bond acceptors (Lipinski definition) is 3. The van der Waals surface area contributed by atoms with Crippen molar-refractivity contribution in [3.8, 4) is 0 Å². The fourth-order valence-electron chi connectivity index (χ4n) is 1.78. The van der Waals surface area contributed by atoms with Gasteiger partial charge in [0.25, 0.3) is 0 Å². The lowest BCUT2D eigenvalue weighted by Crippen LogP contribution is -2.41. The first-order valence-corrected chi connectivity index (χ1v) is 6.47. The predicted octanol–water partition coefficient (Wildman–Crippen LogP) is 1.36.